The van der Waals surface area contributed by atoms with Crippen molar-refractivity contribution in [1.82, 2.24) is 5.32 Å². The van der Waals surface area contributed by atoms with Gasteiger partial charge in [0.2, 0.25) is 0 Å². The number of hydrogen-bond acceptors (Lipinski definition) is 1. The molecule has 0 radical (unpaired) electrons. The number of urea groups is 1. The number of aryl methyl sites for hydroxylation is 1. The first kappa shape index (κ1) is 18.1. The Bertz CT molecular complexity index is 732. The van der Waals surface area contributed by atoms with Crippen LogP contribution in [0.5, 0.6) is 0 Å². The van der Waals surface area contributed by atoms with Crippen molar-refractivity contribution in [2.24, 2.45) is 0 Å². The molecular formula is C17H16ClF3N2O. The zero-order valence-electron chi connectivity index (χ0n) is 12.9. The molecule has 3 nitrogen and oxygen atoms in total. The Kier molecular flexibility index (Phi) is 5.72. The third-order valence-electron chi connectivity index (χ3n) is 3.38. The van der Waals surface area contributed by atoms with Gasteiger partial charge in [-0.05, 0) is 41.8 Å². The molecule has 0 unspecified atom stereocenters. The Morgan fingerprint density at radius 3 is 2.54 bits per heavy atom. The zero-order valence-corrected chi connectivity index (χ0v) is 13.6. The summed E-state index contributed by atoms with van der Waals surface area (Å²) in [5.74, 6) is 0. The van der Waals surface area contributed by atoms with Gasteiger partial charge >= 0.3 is 12.2 Å². The number of carbonyl (C=O) groups excluding carboxylic acids is 1. The highest BCUT2D eigenvalue weighted by atomic mass is 35.5. The van der Waals surface area contributed by atoms with Gasteiger partial charge in [-0.1, -0.05) is 36.7 Å². The monoisotopic (exact) mass is 356 g/mol. The summed E-state index contributed by atoms with van der Waals surface area (Å²) in [4.78, 5) is 11.9. The van der Waals surface area contributed by atoms with Gasteiger partial charge in [0.25, 0.3) is 0 Å². The summed E-state index contributed by atoms with van der Waals surface area (Å²) in [6.07, 6.45) is -3.70. The number of halogens is 4. The average molecular weight is 357 g/mol. The van der Waals surface area contributed by atoms with Crippen LogP contribution in [0.15, 0.2) is 42.5 Å². The molecule has 0 aromatic heterocycles. The fraction of sp³-hybridized carbons (Fsp3) is 0.235. The summed E-state index contributed by atoms with van der Waals surface area (Å²) >= 11 is 5.56. The van der Waals surface area contributed by atoms with Crippen LogP contribution in [0.1, 0.15) is 23.6 Å². The molecule has 24 heavy (non-hydrogen) atoms. The van der Waals surface area contributed by atoms with E-state index in [2.05, 4.69) is 10.6 Å². The molecule has 2 aromatic rings. The number of hydrogen-bond donors (Lipinski definition) is 2. The Morgan fingerprint density at radius 1 is 1.12 bits per heavy atom. The number of anilines is 1. The van der Waals surface area contributed by atoms with E-state index < -0.39 is 17.8 Å². The van der Waals surface area contributed by atoms with Crippen LogP contribution in [0.3, 0.4) is 0 Å². The van der Waals surface area contributed by atoms with Crippen LogP contribution in [0, 0.1) is 0 Å². The summed E-state index contributed by atoms with van der Waals surface area (Å²) in [6.45, 7) is 1.96. The second-order valence-corrected chi connectivity index (χ2v) is 5.58. The fourth-order valence-corrected chi connectivity index (χ4v) is 2.35. The van der Waals surface area contributed by atoms with Crippen LogP contribution in [0.2, 0.25) is 5.02 Å². The SMILES string of the molecule is CCc1cccc(NC(=O)NCc2ccc(Cl)c(C(F)(F)F)c2)c1. The van der Waals surface area contributed by atoms with Crippen LogP contribution < -0.4 is 10.6 Å². The van der Waals surface area contributed by atoms with Crippen molar-refractivity contribution in [3.8, 4) is 0 Å². The second-order valence-electron chi connectivity index (χ2n) is 5.17. The highest BCUT2D eigenvalue weighted by Crippen LogP contribution is 2.35. The first-order valence-electron chi connectivity index (χ1n) is 7.29. The summed E-state index contributed by atoms with van der Waals surface area (Å²) in [6, 6.07) is 10.4. The van der Waals surface area contributed by atoms with Crippen molar-refractivity contribution in [1.29, 1.82) is 0 Å². The maximum absolute atomic E-state index is 12.8. The molecule has 0 saturated carbocycles. The molecule has 0 aliphatic carbocycles. The van der Waals surface area contributed by atoms with Gasteiger partial charge < -0.3 is 10.6 Å². The minimum absolute atomic E-state index is 0.0421. The molecule has 0 atom stereocenters. The maximum atomic E-state index is 12.8. The Labute approximate surface area is 142 Å². The van der Waals surface area contributed by atoms with Crippen molar-refractivity contribution in [2.45, 2.75) is 26.1 Å². The van der Waals surface area contributed by atoms with Gasteiger partial charge in [-0.25, -0.2) is 4.79 Å². The minimum atomic E-state index is -4.53. The molecule has 2 N–H and O–H groups in total. The second kappa shape index (κ2) is 7.57. The lowest BCUT2D eigenvalue weighted by atomic mass is 10.1. The molecule has 0 fully saturated rings. The van der Waals surface area contributed by atoms with Crippen LogP contribution in [0.25, 0.3) is 0 Å². The molecule has 0 saturated heterocycles. The quantitative estimate of drug-likeness (QED) is 0.772. The van der Waals surface area contributed by atoms with Crippen LogP contribution >= 0.6 is 11.6 Å². The van der Waals surface area contributed by atoms with E-state index in [-0.39, 0.29) is 11.6 Å². The molecular weight excluding hydrogens is 341 g/mol. The molecule has 128 valence electrons. The molecule has 7 heteroatoms. The molecule has 0 aliphatic rings. The third-order valence-corrected chi connectivity index (χ3v) is 3.71. The van der Waals surface area contributed by atoms with Crippen LogP contribution in [0.4, 0.5) is 23.7 Å². The van der Waals surface area contributed by atoms with E-state index in [0.717, 1.165) is 18.1 Å². The molecule has 0 aliphatic heterocycles. The van der Waals surface area contributed by atoms with Gasteiger partial charge in [-0.2, -0.15) is 13.2 Å². The summed E-state index contributed by atoms with van der Waals surface area (Å²) in [5.41, 5.74) is 1.09. The fourth-order valence-electron chi connectivity index (χ4n) is 2.13. The minimum Gasteiger partial charge on any atom is -0.334 e. The van der Waals surface area contributed by atoms with Crippen molar-refractivity contribution >= 4 is 23.3 Å². The molecule has 0 spiro atoms. The van der Waals surface area contributed by atoms with Gasteiger partial charge in [0, 0.05) is 12.2 Å². The number of alkyl halides is 3. The molecule has 0 bridgehead atoms. The summed E-state index contributed by atoms with van der Waals surface area (Å²) in [5, 5.41) is 4.80. The average Bonchev–Trinajstić information content (AvgIpc) is 2.53. The van der Waals surface area contributed by atoms with Gasteiger partial charge in [0.1, 0.15) is 0 Å². The van der Waals surface area contributed by atoms with Gasteiger partial charge in [-0.3, -0.25) is 0 Å². The highest BCUT2D eigenvalue weighted by molar-refractivity contribution is 6.31. The smallest absolute Gasteiger partial charge is 0.334 e. The maximum Gasteiger partial charge on any atom is 0.417 e. The predicted molar refractivity (Wildman–Crippen MR) is 88.1 cm³/mol. The van der Waals surface area contributed by atoms with E-state index in [4.69, 9.17) is 11.6 Å². The van der Waals surface area contributed by atoms with E-state index in [0.29, 0.717) is 11.3 Å². The largest absolute Gasteiger partial charge is 0.417 e. The molecule has 2 rings (SSSR count). The zero-order chi connectivity index (χ0) is 17.7. The lowest BCUT2D eigenvalue weighted by Crippen LogP contribution is -2.28. The Balaban J connectivity index is 1.99. The van der Waals surface area contributed by atoms with Gasteiger partial charge in [-0.15, -0.1) is 0 Å². The Hall–Kier alpha value is -2.21. The van der Waals surface area contributed by atoms with Crippen LogP contribution in [-0.4, -0.2) is 6.03 Å². The summed E-state index contributed by atoms with van der Waals surface area (Å²) in [7, 11) is 0. The number of carbonyl (C=O) groups is 1. The first-order chi connectivity index (χ1) is 11.3. The standard InChI is InChI=1S/C17H16ClF3N2O/c1-2-11-4-3-5-13(8-11)23-16(24)22-10-12-6-7-15(18)14(9-12)17(19,20)21/h3-9H,2,10H2,1H3,(H2,22,23,24). The van der Waals surface area contributed by atoms with Crippen molar-refractivity contribution in [3.05, 3.63) is 64.2 Å². The number of rotatable bonds is 4. The van der Waals surface area contributed by atoms with Crippen molar-refractivity contribution in [3.63, 3.8) is 0 Å². The van der Waals surface area contributed by atoms with E-state index in [9.17, 15) is 18.0 Å². The molecule has 2 amide bonds. The molecule has 0 heterocycles. The molecule has 2 aromatic carbocycles. The lowest BCUT2D eigenvalue weighted by molar-refractivity contribution is -0.137. The third kappa shape index (κ3) is 4.89. The number of nitrogens with one attached hydrogen (secondary N) is 2. The first-order valence-corrected chi connectivity index (χ1v) is 7.67. The van der Waals surface area contributed by atoms with Gasteiger partial charge in [0.05, 0.1) is 10.6 Å². The lowest BCUT2D eigenvalue weighted by Gasteiger charge is -2.12. The van der Waals surface area contributed by atoms with E-state index in [1.165, 1.54) is 12.1 Å². The van der Waals surface area contributed by atoms with E-state index in [1.807, 2.05) is 25.1 Å². The number of benzene rings is 2. The Morgan fingerprint density at radius 2 is 1.88 bits per heavy atom. The van der Waals surface area contributed by atoms with Gasteiger partial charge in [0.15, 0.2) is 0 Å². The predicted octanol–water partition coefficient (Wildman–Crippen LogP) is 5.24. The highest BCUT2D eigenvalue weighted by Gasteiger charge is 2.33. The normalized spacial score (nSPS) is 11.2. The van der Waals surface area contributed by atoms with Crippen molar-refractivity contribution < 1.29 is 18.0 Å². The van der Waals surface area contributed by atoms with Crippen LogP contribution in [-0.2, 0) is 19.1 Å². The van der Waals surface area contributed by atoms with E-state index >= 15 is 0 Å². The number of amides is 2. The summed E-state index contributed by atoms with van der Waals surface area (Å²) < 4.78 is 38.4. The van der Waals surface area contributed by atoms with E-state index in [1.54, 1.807) is 6.07 Å². The van der Waals surface area contributed by atoms with Crippen molar-refractivity contribution in [2.75, 3.05) is 5.32 Å². The topological polar surface area (TPSA) is 41.1 Å².